The largest absolute Gasteiger partial charge is 0.434 e. The second-order valence-electron chi connectivity index (χ2n) is 3.85. The minimum Gasteiger partial charge on any atom is -0.434 e. The highest BCUT2D eigenvalue weighted by atomic mass is 79.9. The molecule has 3 nitrogen and oxygen atoms in total. The minimum absolute atomic E-state index is 0.204. The molecular formula is C12H6Br2F2N2OS. The Morgan fingerprint density at radius 1 is 1.35 bits per heavy atom. The molecule has 0 saturated heterocycles. The molecule has 0 fully saturated rings. The summed E-state index contributed by atoms with van der Waals surface area (Å²) in [5, 5.41) is 2.37. The topological polar surface area (TPSA) is 26.5 Å². The average Bonchev–Trinajstić information content (AvgIpc) is 2.95. The van der Waals surface area contributed by atoms with Gasteiger partial charge >= 0.3 is 0 Å². The van der Waals surface area contributed by atoms with Crippen LogP contribution >= 0.6 is 43.2 Å². The van der Waals surface area contributed by atoms with E-state index in [1.54, 1.807) is 0 Å². The Balaban J connectivity index is 2.07. The number of benzene rings is 1. The van der Waals surface area contributed by atoms with Crippen LogP contribution in [0, 0.1) is 11.6 Å². The number of fused-ring (bicyclic) bond motifs is 1. The Morgan fingerprint density at radius 3 is 2.90 bits per heavy atom. The highest BCUT2D eigenvalue weighted by Crippen LogP contribution is 2.33. The number of nitrogens with zero attached hydrogens (tertiary/aromatic N) is 2. The molecule has 0 aliphatic rings. The smallest absolute Gasteiger partial charge is 0.243 e. The molecule has 104 valence electrons. The molecule has 3 aromatic rings. The van der Waals surface area contributed by atoms with Gasteiger partial charge in [-0.25, -0.2) is 4.39 Å². The lowest BCUT2D eigenvalue weighted by molar-refractivity contribution is 0.404. The molecule has 2 heterocycles. The monoisotopic (exact) mass is 422 g/mol. The van der Waals surface area contributed by atoms with Gasteiger partial charge in [0.05, 0.1) is 5.69 Å². The third-order valence-corrected chi connectivity index (χ3v) is 4.36. The number of hydrogen-bond donors (Lipinski definition) is 0. The minimum atomic E-state index is -1.04. The molecule has 1 aromatic carbocycles. The van der Waals surface area contributed by atoms with Crippen LogP contribution in [0.1, 0.15) is 5.69 Å². The highest BCUT2D eigenvalue weighted by molar-refractivity contribution is 9.10. The van der Waals surface area contributed by atoms with Crippen LogP contribution in [0.15, 0.2) is 28.2 Å². The van der Waals surface area contributed by atoms with E-state index < -0.39 is 11.6 Å². The maximum Gasteiger partial charge on any atom is 0.243 e. The number of thiazole rings is 1. The van der Waals surface area contributed by atoms with Crippen LogP contribution in [0.25, 0.3) is 4.96 Å². The Kier molecular flexibility index (Phi) is 3.78. The molecule has 0 aliphatic heterocycles. The molecule has 2 aromatic heterocycles. The zero-order valence-electron chi connectivity index (χ0n) is 9.74. The Hall–Kier alpha value is -0.990. The third-order valence-electron chi connectivity index (χ3n) is 2.62. The van der Waals surface area contributed by atoms with Crippen molar-refractivity contribution in [2.45, 2.75) is 5.33 Å². The van der Waals surface area contributed by atoms with Gasteiger partial charge in [0.2, 0.25) is 11.7 Å². The fourth-order valence-electron chi connectivity index (χ4n) is 1.73. The molecule has 0 unspecified atom stereocenters. The van der Waals surface area contributed by atoms with Crippen molar-refractivity contribution in [2.75, 3.05) is 0 Å². The van der Waals surface area contributed by atoms with Crippen molar-refractivity contribution < 1.29 is 13.5 Å². The summed E-state index contributed by atoms with van der Waals surface area (Å²) in [6.07, 6.45) is 1.84. The van der Waals surface area contributed by atoms with Gasteiger partial charge in [-0.15, -0.1) is 11.3 Å². The summed E-state index contributed by atoms with van der Waals surface area (Å²) in [5.41, 5.74) is 0.737. The number of aromatic nitrogens is 2. The van der Waals surface area contributed by atoms with Crippen LogP contribution in [-0.4, -0.2) is 9.38 Å². The van der Waals surface area contributed by atoms with Crippen molar-refractivity contribution in [3.05, 3.63) is 45.5 Å². The van der Waals surface area contributed by atoms with E-state index in [2.05, 4.69) is 36.8 Å². The van der Waals surface area contributed by atoms with Gasteiger partial charge in [0.1, 0.15) is 0 Å². The third kappa shape index (κ3) is 2.36. The van der Waals surface area contributed by atoms with Gasteiger partial charge in [-0.3, -0.25) is 4.40 Å². The number of rotatable bonds is 3. The van der Waals surface area contributed by atoms with E-state index in [0.717, 1.165) is 16.7 Å². The van der Waals surface area contributed by atoms with Gasteiger partial charge in [-0.1, -0.05) is 31.9 Å². The van der Waals surface area contributed by atoms with Crippen LogP contribution in [0.5, 0.6) is 11.6 Å². The molecule has 0 spiro atoms. The summed E-state index contributed by atoms with van der Waals surface area (Å²) in [5.74, 6) is -1.96. The molecule has 0 aliphatic carbocycles. The summed E-state index contributed by atoms with van der Waals surface area (Å²) in [6, 6.07) is 2.41. The summed E-state index contributed by atoms with van der Waals surface area (Å²) in [7, 11) is 0. The molecule has 0 atom stereocenters. The SMILES string of the molecule is Fc1cc(Br)cc(Oc2nc3sccn3c2CBr)c1F. The van der Waals surface area contributed by atoms with Crippen LogP contribution in [0.3, 0.4) is 0 Å². The van der Waals surface area contributed by atoms with E-state index in [0.29, 0.717) is 9.80 Å². The molecule has 0 amide bonds. The molecule has 8 heteroatoms. The molecular weight excluding hydrogens is 418 g/mol. The van der Waals surface area contributed by atoms with E-state index in [-0.39, 0.29) is 11.6 Å². The zero-order chi connectivity index (χ0) is 14.3. The molecule has 3 rings (SSSR count). The van der Waals surface area contributed by atoms with Crippen molar-refractivity contribution in [3.63, 3.8) is 0 Å². The second-order valence-corrected chi connectivity index (χ2v) is 6.20. The first-order chi connectivity index (χ1) is 9.60. The van der Waals surface area contributed by atoms with E-state index >= 15 is 0 Å². The van der Waals surface area contributed by atoms with Crippen LogP contribution < -0.4 is 4.74 Å². The summed E-state index contributed by atoms with van der Waals surface area (Å²) >= 11 is 7.88. The molecule has 0 bridgehead atoms. The first kappa shape index (κ1) is 14.0. The van der Waals surface area contributed by atoms with Gasteiger partial charge in [-0.05, 0) is 12.1 Å². The van der Waals surface area contributed by atoms with E-state index in [1.807, 2.05) is 16.0 Å². The predicted octanol–water partition coefficient (Wildman–Crippen LogP) is 5.12. The quantitative estimate of drug-likeness (QED) is 0.431. The molecule has 0 N–H and O–H groups in total. The number of imidazole rings is 1. The predicted molar refractivity (Wildman–Crippen MR) is 79.8 cm³/mol. The van der Waals surface area contributed by atoms with Crippen molar-refractivity contribution in [1.82, 2.24) is 9.38 Å². The van der Waals surface area contributed by atoms with E-state index in [9.17, 15) is 8.78 Å². The number of halogens is 4. The van der Waals surface area contributed by atoms with Gasteiger partial charge in [0.25, 0.3) is 0 Å². The standard InChI is InChI=1S/C12H6Br2F2N2OS/c13-5-8-11(17-12-18(8)1-2-20-12)19-9-4-6(14)3-7(15)10(9)16/h1-4H,5H2. The zero-order valence-corrected chi connectivity index (χ0v) is 13.7. The highest BCUT2D eigenvalue weighted by Gasteiger charge is 2.18. The lowest BCUT2D eigenvalue weighted by atomic mass is 10.3. The van der Waals surface area contributed by atoms with Gasteiger partial charge in [0, 0.05) is 21.4 Å². The Bertz CT molecular complexity index is 787. The molecule has 20 heavy (non-hydrogen) atoms. The molecule has 0 radical (unpaired) electrons. The van der Waals surface area contributed by atoms with E-state index in [4.69, 9.17) is 4.74 Å². The van der Waals surface area contributed by atoms with Crippen LogP contribution in [0.4, 0.5) is 8.78 Å². The van der Waals surface area contributed by atoms with Gasteiger partial charge in [-0.2, -0.15) is 9.37 Å². The fourth-order valence-corrected chi connectivity index (χ4v) is 3.37. The summed E-state index contributed by atoms with van der Waals surface area (Å²) in [4.78, 5) is 4.99. The Labute approximate surface area is 133 Å². The van der Waals surface area contributed by atoms with Crippen molar-refractivity contribution in [1.29, 1.82) is 0 Å². The van der Waals surface area contributed by atoms with Crippen molar-refractivity contribution in [2.24, 2.45) is 0 Å². The first-order valence-corrected chi connectivity index (χ1v) is 8.22. The van der Waals surface area contributed by atoms with Crippen LogP contribution in [0.2, 0.25) is 0 Å². The Morgan fingerprint density at radius 2 is 2.15 bits per heavy atom. The van der Waals surface area contributed by atoms with Gasteiger partial charge < -0.3 is 4.74 Å². The van der Waals surface area contributed by atoms with Crippen molar-refractivity contribution >= 4 is 48.2 Å². The number of alkyl halides is 1. The number of ether oxygens (including phenoxy) is 1. The maximum absolute atomic E-state index is 13.7. The lowest BCUT2D eigenvalue weighted by Crippen LogP contribution is -1.95. The summed E-state index contributed by atoms with van der Waals surface area (Å²) in [6.45, 7) is 0. The normalized spacial score (nSPS) is 11.2. The fraction of sp³-hybridized carbons (Fsp3) is 0.0833. The van der Waals surface area contributed by atoms with E-state index in [1.165, 1.54) is 17.4 Å². The number of hydrogen-bond acceptors (Lipinski definition) is 3. The van der Waals surface area contributed by atoms with Crippen LogP contribution in [-0.2, 0) is 5.33 Å². The average molecular weight is 424 g/mol. The van der Waals surface area contributed by atoms with Crippen molar-refractivity contribution in [3.8, 4) is 11.6 Å². The first-order valence-electron chi connectivity index (χ1n) is 5.43. The second kappa shape index (κ2) is 5.42. The lowest BCUT2D eigenvalue weighted by Gasteiger charge is -2.07. The maximum atomic E-state index is 13.7. The van der Waals surface area contributed by atoms with Gasteiger partial charge in [0.15, 0.2) is 16.5 Å². The molecule has 0 saturated carbocycles. The summed E-state index contributed by atoms with van der Waals surface area (Å²) < 4.78 is 34.7.